The topological polar surface area (TPSA) is 47.5 Å². The zero-order chi connectivity index (χ0) is 19.9. The van der Waals surface area contributed by atoms with Crippen LogP contribution in [0.4, 0.5) is 10.2 Å². The van der Waals surface area contributed by atoms with E-state index in [2.05, 4.69) is 14.9 Å². The quantitative estimate of drug-likeness (QED) is 0.701. The van der Waals surface area contributed by atoms with E-state index in [1.54, 1.807) is 17.7 Å². The van der Waals surface area contributed by atoms with E-state index < -0.39 is 18.3 Å². The first-order valence-electron chi connectivity index (χ1n) is 9.61. The summed E-state index contributed by atoms with van der Waals surface area (Å²) in [4.78, 5) is 12.1. The van der Waals surface area contributed by atoms with Gasteiger partial charge in [-0.15, -0.1) is 11.3 Å². The molecule has 4 rings (SSSR count). The summed E-state index contributed by atoms with van der Waals surface area (Å²) in [5, 5.41) is 2.04. The molecule has 2 aromatic rings. The Labute approximate surface area is 169 Å². The summed E-state index contributed by atoms with van der Waals surface area (Å²) in [6.07, 6.45) is 2.86. The Bertz CT molecular complexity index is 859. The third kappa shape index (κ3) is 3.61. The van der Waals surface area contributed by atoms with Crippen molar-refractivity contribution in [3.8, 4) is 10.6 Å². The minimum Gasteiger partial charge on any atom is -0.398 e. The maximum Gasteiger partial charge on any atom is 0.525 e. The fourth-order valence-electron chi connectivity index (χ4n) is 3.44. The standard InChI is InChI=1S/C20H25BFN3O2S/c1-19(2)20(3,4)27-21(26-19)18(22)14-7-9-25(10-8-14)17-12-15(23-13-24-17)16-6-5-11-28-16/h5-6,11-13H,7-10H2,1-4H3. The lowest BCUT2D eigenvalue weighted by atomic mass is 9.82. The lowest BCUT2D eigenvalue weighted by Crippen LogP contribution is -2.41. The van der Waals surface area contributed by atoms with Crippen LogP contribution in [0.5, 0.6) is 0 Å². The minimum absolute atomic E-state index is 0.264. The molecule has 0 amide bonds. The number of piperidine rings is 1. The second kappa shape index (κ2) is 7.24. The van der Waals surface area contributed by atoms with Crippen molar-refractivity contribution in [2.75, 3.05) is 18.0 Å². The lowest BCUT2D eigenvalue weighted by molar-refractivity contribution is 0.00578. The summed E-state index contributed by atoms with van der Waals surface area (Å²) in [7, 11) is -0.906. The number of nitrogens with zero attached hydrogens (tertiary/aromatic N) is 3. The monoisotopic (exact) mass is 401 g/mol. The van der Waals surface area contributed by atoms with Crippen LogP contribution in [0.1, 0.15) is 40.5 Å². The molecule has 8 heteroatoms. The van der Waals surface area contributed by atoms with E-state index in [4.69, 9.17) is 9.31 Å². The van der Waals surface area contributed by atoms with E-state index in [9.17, 15) is 0 Å². The van der Waals surface area contributed by atoms with Gasteiger partial charge in [0.05, 0.1) is 21.8 Å². The van der Waals surface area contributed by atoms with Crippen LogP contribution in [-0.4, -0.2) is 41.4 Å². The van der Waals surface area contributed by atoms with E-state index in [0.717, 1.165) is 22.0 Å². The Hall–Kier alpha value is -1.77. The molecule has 0 N–H and O–H groups in total. The van der Waals surface area contributed by atoms with Crippen molar-refractivity contribution in [1.29, 1.82) is 0 Å². The first-order chi connectivity index (χ1) is 13.3. The lowest BCUT2D eigenvalue weighted by Gasteiger charge is -2.32. The van der Waals surface area contributed by atoms with Crippen molar-refractivity contribution in [3.63, 3.8) is 0 Å². The SMILES string of the molecule is CC1(C)OB(C(F)=C2CCN(c3cc(-c4cccs4)ncn3)CC2)OC1(C)C. The molecule has 2 aliphatic rings. The van der Waals surface area contributed by atoms with Gasteiger partial charge in [-0.25, -0.2) is 14.4 Å². The number of aromatic nitrogens is 2. The normalized spacial score (nSPS) is 21.2. The number of anilines is 1. The molecule has 0 saturated carbocycles. The molecule has 2 fully saturated rings. The molecule has 0 bridgehead atoms. The third-order valence-electron chi connectivity index (χ3n) is 5.92. The predicted molar refractivity (Wildman–Crippen MR) is 111 cm³/mol. The molecule has 4 heterocycles. The fraction of sp³-hybridized carbons (Fsp3) is 0.500. The Morgan fingerprint density at radius 2 is 1.82 bits per heavy atom. The zero-order valence-corrected chi connectivity index (χ0v) is 17.6. The first-order valence-corrected chi connectivity index (χ1v) is 10.5. The number of halogens is 1. The highest BCUT2D eigenvalue weighted by molar-refractivity contribution is 7.13. The number of rotatable bonds is 3. The molecule has 0 atom stereocenters. The molecule has 0 spiro atoms. The minimum atomic E-state index is -0.906. The van der Waals surface area contributed by atoms with Crippen LogP contribution in [0.15, 0.2) is 41.2 Å². The van der Waals surface area contributed by atoms with Crippen LogP contribution in [-0.2, 0) is 9.31 Å². The number of hydrogen-bond donors (Lipinski definition) is 0. The van der Waals surface area contributed by atoms with Crippen LogP contribution < -0.4 is 4.90 Å². The van der Waals surface area contributed by atoms with Crippen LogP contribution in [0.3, 0.4) is 0 Å². The van der Waals surface area contributed by atoms with Gasteiger partial charge in [0.1, 0.15) is 17.9 Å². The average molecular weight is 401 g/mol. The molecule has 2 saturated heterocycles. The molecule has 148 valence electrons. The summed E-state index contributed by atoms with van der Waals surface area (Å²) in [5.74, 6) is 0.883. The Kier molecular flexibility index (Phi) is 5.06. The van der Waals surface area contributed by atoms with Gasteiger partial charge in [-0.3, -0.25) is 0 Å². The van der Waals surface area contributed by atoms with Gasteiger partial charge in [0.15, 0.2) is 0 Å². The van der Waals surface area contributed by atoms with Crippen molar-refractivity contribution in [2.24, 2.45) is 0 Å². The second-order valence-electron chi connectivity index (χ2n) is 8.27. The van der Waals surface area contributed by atoms with Gasteiger partial charge in [-0.2, -0.15) is 0 Å². The molecule has 0 aliphatic carbocycles. The largest absolute Gasteiger partial charge is 0.525 e. The Morgan fingerprint density at radius 1 is 1.14 bits per heavy atom. The highest BCUT2D eigenvalue weighted by atomic mass is 32.1. The molecular formula is C20H25BFN3O2S. The number of thiophene rings is 1. The summed E-state index contributed by atoms with van der Waals surface area (Å²) in [6.45, 7) is 9.18. The van der Waals surface area contributed by atoms with Crippen molar-refractivity contribution < 1.29 is 13.7 Å². The van der Waals surface area contributed by atoms with Crippen LogP contribution in [0.2, 0.25) is 0 Å². The maximum atomic E-state index is 15.0. The van der Waals surface area contributed by atoms with Gasteiger partial charge >= 0.3 is 7.12 Å². The molecule has 0 unspecified atom stereocenters. The summed E-state index contributed by atoms with van der Waals surface area (Å²) in [5.41, 5.74) is 0.373. The van der Waals surface area contributed by atoms with Crippen molar-refractivity contribution >= 4 is 24.3 Å². The molecule has 2 aliphatic heterocycles. The smallest absolute Gasteiger partial charge is 0.398 e. The Morgan fingerprint density at radius 3 is 2.43 bits per heavy atom. The zero-order valence-electron chi connectivity index (χ0n) is 16.7. The van der Waals surface area contributed by atoms with Crippen LogP contribution >= 0.6 is 11.3 Å². The molecule has 0 radical (unpaired) electrons. The summed E-state index contributed by atoms with van der Waals surface area (Å²) in [6, 6.07) is 6.07. The number of hydrogen-bond acceptors (Lipinski definition) is 6. The summed E-state index contributed by atoms with van der Waals surface area (Å²) >= 11 is 1.66. The van der Waals surface area contributed by atoms with Crippen molar-refractivity contribution in [3.05, 3.63) is 41.2 Å². The van der Waals surface area contributed by atoms with E-state index in [1.807, 2.05) is 51.3 Å². The summed E-state index contributed by atoms with van der Waals surface area (Å²) < 4.78 is 26.8. The molecule has 5 nitrogen and oxygen atoms in total. The predicted octanol–water partition coefficient (Wildman–Crippen LogP) is 4.66. The van der Waals surface area contributed by atoms with Crippen molar-refractivity contribution in [2.45, 2.75) is 51.7 Å². The Balaban J connectivity index is 1.45. The molecule has 0 aromatic carbocycles. The molecule has 2 aromatic heterocycles. The van der Waals surface area contributed by atoms with E-state index in [1.165, 1.54) is 0 Å². The van der Waals surface area contributed by atoms with Gasteiger partial charge < -0.3 is 14.2 Å². The van der Waals surface area contributed by atoms with Gasteiger partial charge in [0, 0.05) is 19.2 Å². The van der Waals surface area contributed by atoms with Crippen molar-refractivity contribution in [1.82, 2.24) is 9.97 Å². The van der Waals surface area contributed by atoms with E-state index in [0.29, 0.717) is 25.9 Å². The average Bonchev–Trinajstić information content (AvgIpc) is 3.28. The van der Waals surface area contributed by atoms with Gasteiger partial charge in [0.25, 0.3) is 0 Å². The van der Waals surface area contributed by atoms with E-state index in [-0.39, 0.29) is 5.73 Å². The van der Waals surface area contributed by atoms with E-state index >= 15 is 4.39 Å². The van der Waals surface area contributed by atoms with Crippen LogP contribution in [0.25, 0.3) is 10.6 Å². The third-order valence-corrected chi connectivity index (χ3v) is 6.81. The molecule has 28 heavy (non-hydrogen) atoms. The molecular weight excluding hydrogens is 376 g/mol. The fourth-order valence-corrected chi connectivity index (χ4v) is 4.13. The first kappa shape index (κ1) is 19.5. The van der Waals surface area contributed by atoms with Gasteiger partial charge in [-0.1, -0.05) is 6.07 Å². The van der Waals surface area contributed by atoms with Gasteiger partial charge in [0.2, 0.25) is 0 Å². The highest BCUT2D eigenvalue weighted by Crippen LogP contribution is 2.40. The highest BCUT2D eigenvalue weighted by Gasteiger charge is 2.53. The maximum absolute atomic E-state index is 15.0. The van der Waals surface area contributed by atoms with Crippen LogP contribution in [0, 0.1) is 0 Å². The van der Waals surface area contributed by atoms with Gasteiger partial charge in [-0.05, 0) is 57.6 Å². The second-order valence-corrected chi connectivity index (χ2v) is 9.21.